The van der Waals surface area contributed by atoms with E-state index in [0.29, 0.717) is 6.04 Å². The molecule has 0 saturated carbocycles. The number of pyridine rings is 1. The van der Waals surface area contributed by atoms with Gasteiger partial charge in [-0.3, -0.25) is 0 Å². The molecule has 20 heavy (non-hydrogen) atoms. The highest BCUT2D eigenvalue weighted by atomic mass is 15.2. The number of hydrogen-bond acceptors (Lipinski definition) is 4. The molecule has 4 heteroatoms. The first-order valence-corrected chi connectivity index (χ1v) is 7.76. The molecule has 2 saturated heterocycles. The van der Waals surface area contributed by atoms with Crippen molar-refractivity contribution in [3.05, 3.63) is 22.9 Å². The van der Waals surface area contributed by atoms with E-state index >= 15 is 0 Å². The van der Waals surface area contributed by atoms with Gasteiger partial charge in [0.2, 0.25) is 0 Å². The van der Waals surface area contributed by atoms with Gasteiger partial charge in [-0.15, -0.1) is 0 Å². The van der Waals surface area contributed by atoms with Crippen LogP contribution in [0.1, 0.15) is 36.1 Å². The van der Waals surface area contributed by atoms with Gasteiger partial charge in [-0.1, -0.05) is 0 Å². The molecular weight excluding hydrogens is 248 g/mol. The molecule has 3 heterocycles. The average molecular weight is 268 g/mol. The Labute approximate surface area is 119 Å². The smallest absolute Gasteiger partial charge is 0.146 e. The predicted molar refractivity (Wildman–Crippen MR) is 77.7 cm³/mol. The van der Waals surface area contributed by atoms with Crippen LogP contribution in [0.4, 0.5) is 5.82 Å². The van der Waals surface area contributed by atoms with Crippen LogP contribution >= 0.6 is 0 Å². The molecule has 0 radical (unpaired) electrons. The largest absolute Gasteiger partial charge is 0.354 e. The zero-order valence-electron chi connectivity index (χ0n) is 11.7. The Morgan fingerprint density at radius 3 is 3.10 bits per heavy atom. The van der Waals surface area contributed by atoms with Crippen LogP contribution in [-0.4, -0.2) is 30.7 Å². The van der Waals surface area contributed by atoms with Crippen LogP contribution in [-0.2, 0) is 12.8 Å². The molecule has 2 fully saturated rings. The summed E-state index contributed by atoms with van der Waals surface area (Å²) in [5.74, 6) is 1.66. The molecule has 3 aliphatic rings. The number of nitrogens with one attached hydrogen (secondary N) is 1. The summed E-state index contributed by atoms with van der Waals surface area (Å²) in [6, 6.07) is 5.03. The lowest BCUT2D eigenvalue weighted by atomic mass is 9.94. The summed E-state index contributed by atoms with van der Waals surface area (Å²) < 4.78 is 0. The summed E-state index contributed by atoms with van der Waals surface area (Å²) in [7, 11) is 0. The van der Waals surface area contributed by atoms with Gasteiger partial charge >= 0.3 is 0 Å². The van der Waals surface area contributed by atoms with Crippen LogP contribution in [0, 0.1) is 17.2 Å². The first kappa shape index (κ1) is 12.2. The van der Waals surface area contributed by atoms with Gasteiger partial charge in [0.1, 0.15) is 11.9 Å². The third kappa shape index (κ3) is 1.89. The lowest BCUT2D eigenvalue weighted by molar-refractivity contribution is 0.340. The van der Waals surface area contributed by atoms with E-state index in [-0.39, 0.29) is 0 Å². The maximum absolute atomic E-state index is 9.44. The van der Waals surface area contributed by atoms with Crippen molar-refractivity contribution in [2.45, 2.75) is 38.1 Å². The van der Waals surface area contributed by atoms with Crippen molar-refractivity contribution in [2.75, 3.05) is 24.5 Å². The molecule has 0 aromatic carbocycles. The summed E-state index contributed by atoms with van der Waals surface area (Å²) in [6.07, 6.45) is 5.93. The monoisotopic (exact) mass is 268 g/mol. The van der Waals surface area contributed by atoms with E-state index in [2.05, 4.69) is 22.4 Å². The maximum atomic E-state index is 9.44. The molecule has 1 aliphatic carbocycles. The number of hydrogen-bond donors (Lipinski definition) is 1. The van der Waals surface area contributed by atoms with E-state index in [1.807, 2.05) is 0 Å². The van der Waals surface area contributed by atoms with Crippen molar-refractivity contribution in [3.63, 3.8) is 0 Å². The van der Waals surface area contributed by atoms with Crippen LogP contribution in [0.15, 0.2) is 6.07 Å². The summed E-state index contributed by atoms with van der Waals surface area (Å²) in [4.78, 5) is 7.18. The summed E-state index contributed by atoms with van der Waals surface area (Å²) in [5, 5.41) is 13.1. The van der Waals surface area contributed by atoms with Crippen molar-refractivity contribution in [1.82, 2.24) is 10.3 Å². The molecule has 4 rings (SSSR count). The standard InChI is InChI=1S/C16H20N4/c17-8-13-7-11-3-1-5-14(11)19-16(13)20-9-12-4-2-6-18-15(12)10-20/h7,12,15,18H,1-6,9-10H2/t12-,15+/m0/s1. The van der Waals surface area contributed by atoms with Crippen molar-refractivity contribution in [2.24, 2.45) is 5.92 Å². The lowest BCUT2D eigenvalue weighted by Gasteiger charge is -2.24. The zero-order valence-corrected chi connectivity index (χ0v) is 11.7. The molecule has 0 amide bonds. The van der Waals surface area contributed by atoms with Crippen molar-refractivity contribution in [3.8, 4) is 6.07 Å². The number of nitrogens with zero attached hydrogens (tertiary/aromatic N) is 3. The molecule has 0 spiro atoms. The summed E-state index contributed by atoms with van der Waals surface area (Å²) in [5.41, 5.74) is 3.28. The molecule has 1 aromatic rings. The van der Waals surface area contributed by atoms with Crippen molar-refractivity contribution in [1.29, 1.82) is 5.26 Å². The fourth-order valence-electron chi connectivity index (χ4n) is 4.00. The van der Waals surface area contributed by atoms with E-state index in [1.54, 1.807) is 0 Å². The highest BCUT2D eigenvalue weighted by molar-refractivity contribution is 5.57. The minimum Gasteiger partial charge on any atom is -0.354 e. The number of fused-ring (bicyclic) bond motifs is 2. The number of piperidine rings is 1. The molecule has 1 aromatic heterocycles. The molecule has 2 aliphatic heterocycles. The number of aromatic nitrogens is 1. The van der Waals surface area contributed by atoms with Gasteiger partial charge in [0.25, 0.3) is 0 Å². The average Bonchev–Trinajstić information content (AvgIpc) is 3.11. The molecule has 104 valence electrons. The highest BCUT2D eigenvalue weighted by Crippen LogP contribution is 2.32. The third-order valence-electron chi connectivity index (χ3n) is 5.05. The maximum Gasteiger partial charge on any atom is 0.146 e. The number of rotatable bonds is 1. The Morgan fingerprint density at radius 1 is 1.30 bits per heavy atom. The fraction of sp³-hybridized carbons (Fsp3) is 0.625. The second kappa shape index (κ2) is 4.75. The quantitative estimate of drug-likeness (QED) is 0.841. The molecule has 1 N–H and O–H groups in total. The molecule has 2 atom stereocenters. The summed E-state index contributed by atoms with van der Waals surface area (Å²) in [6.45, 7) is 3.20. The second-order valence-electron chi connectivity index (χ2n) is 6.30. The number of aryl methyl sites for hydroxylation is 2. The molecule has 0 unspecified atom stereocenters. The Morgan fingerprint density at radius 2 is 2.25 bits per heavy atom. The number of anilines is 1. The first-order valence-electron chi connectivity index (χ1n) is 7.76. The van der Waals surface area contributed by atoms with Gasteiger partial charge in [-0.25, -0.2) is 4.98 Å². The van der Waals surface area contributed by atoms with Gasteiger partial charge < -0.3 is 10.2 Å². The summed E-state index contributed by atoms with van der Waals surface area (Å²) >= 11 is 0. The predicted octanol–water partition coefficient (Wildman–Crippen LogP) is 1.63. The molecule has 0 bridgehead atoms. The van der Waals surface area contributed by atoms with Crippen molar-refractivity contribution < 1.29 is 0 Å². The van der Waals surface area contributed by atoms with Gasteiger partial charge in [0.05, 0.1) is 5.56 Å². The van der Waals surface area contributed by atoms with E-state index in [4.69, 9.17) is 4.98 Å². The molecule has 4 nitrogen and oxygen atoms in total. The van der Waals surface area contributed by atoms with Gasteiger partial charge in [0.15, 0.2) is 0 Å². The lowest BCUT2D eigenvalue weighted by Crippen LogP contribution is -2.40. The Balaban J connectivity index is 1.67. The van der Waals surface area contributed by atoms with Crippen LogP contribution in [0.2, 0.25) is 0 Å². The third-order valence-corrected chi connectivity index (χ3v) is 5.05. The minimum absolute atomic E-state index is 0.588. The van der Waals surface area contributed by atoms with Crippen LogP contribution < -0.4 is 10.2 Å². The fourth-order valence-corrected chi connectivity index (χ4v) is 4.00. The second-order valence-corrected chi connectivity index (χ2v) is 6.30. The molecular formula is C16H20N4. The van der Waals surface area contributed by atoms with E-state index in [9.17, 15) is 5.26 Å². The SMILES string of the molecule is N#Cc1cc2c(nc1N1C[C@@H]3CCCN[C@@H]3C1)CCC2. The Kier molecular flexibility index (Phi) is 2.89. The van der Waals surface area contributed by atoms with Crippen LogP contribution in [0.25, 0.3) is 0 Å². The van der Waals surface area contributed by atoms with Crippen molar-refractivity contribution >= 4 is 5.82 Å². The Hall–Kier alpha value is -1.60. The number of nitriles is 1. The normalized spacial score (nSPS) is 28.1. The first-order chi connectivity index (χ1) is 9.85. The van der Waals surface area contributed by atoms with Gasteiger partial charge in [-0.2, -0.15) is 5.26 Å². The van der Waals surface area contributed by atoms with Crippen LogP contribution in [0.3, 0.4) is 0 Å². The van der Waals surface area contributed by atoms with E-state index in [1.165, 1.54) is 30.5 Å². The Bertz CT molecular complexity index is 561. The van der Waals surface area contributed by atoms with Crippen LogP contribution in [0.5, 0.6) is 0 Å². The van der Waals surface area contributed by atoms with Gasteiger partial charge in [-0.05, 0) is 56.2 Å². The van der Waals surface area contributed by atoms with E-state index in [0.717, 1.165) is 49.8 Å². The van der Waals surface area contributed by atoms with Gasteiger partial charge in [0, 0.05) is 24.8 Å². The van der Waals surface area contributed by atoms with E-state index < -0.39 is 0 Å². The topological polar surface area (TPSA) is 52.0 Å². The zero-order chi connectivity index (χ0) is 13.5. The minimum atomic E-state index is 0.588. The highest BCUT2D eigenvalue weighted by Gasteiger charge is 2.36.